The van der Waals surface area contributed by atoms with Crippen LogP contribution in [-0.2, 0) is 6.54 Å². The standard InChI is InChI=1S/C14H19N3O/c1-3-8-17-10-11(9-16-17)14(15)12-6-4-5-7-13(12)18-2/h4-7,9-10,14H,3,8,15H2,1-2H3. The van der Waals surface area contributed by atoms with E-state index in [1.807, 2.05) is 41.3 Å². The van der Waals surface area contributed by atoms with E-state index in [9.17, 15) is 0 Å². The van der Waals surface area contributed by atoms with E-state index in [0.717, 1.165) is 29.8 Å². The fourth-order valence-electron chi connectivity index (χ4n) is 1.99. The highest BCUT2D eigenvalue weighted by Gasteiger charge is 2.15. The van der Waals surface area contributed by atoms with Gasteiger partial charge in [-0.05, 0) is 12.5 Å². The number of rotatable bonds is 5. The molecule has 0 radical (unpaired) electrons. The minimum Gasteiger partial charge on any atom is -0.496 e. The van der Waals surface area contributed by atoms with Gasteiger partial charge < -0.3 is 10.5 Å². The van der Waals surface area contributed by atoms with Crippen molar-refractivity contribution in [1.29, 1.82) is 0 Å². The van der Waals surface area contributed by atoms with Crippen LogP contribution in [0.1, 0.15) is 30.5 Å². The predicted octanol–water partition coefficient (Wildman–Crippen LogP) is 2.35. The molecular formula is C14H19N3O. The quantitative estimate of drug-likeness (QED) is 0.879. The summed E-state index contributed by atoms with van der Waals surface area (Å²) >= 11 is 0. The summed E-state index contributed by atoms with van der Waals surface area (Å²) < 4.78 is 7.26. The third kappa shape index (κ3) is 2.54. The molecule has 1 aromatic heterocycles. The van der Waals surface area contributed by atoms with Crippen LogP contribution in [0.25, 0.3) is 0 Å². The number of aromatic nitrogens is 2. The summed E-state index contributed by atoms with van der Waals surface area (Å²) in [5.74, 6) is 0.813. The Bertz CT molecular complexity index is 507. The molecule has 1 atom stereocenters. The van der Waals surface area contributed by atoms with Gasteiger partial charge in [0.05, 0.1) is 19.3 Å². The van der Waals surface area contributed by atoms with Crippen LogP contribution in [0, 0.1) is 0 Å². The SMILES string of the molecule is CCCn1cc(C(N)c2ccccc2OC)cn1. The highest BCUT2D eigenvalue weighted by atomic mass is 16.5. The summed E-state index contributed by atoms with van der Waals surface area (Å²) in [6, 6.07) is 7.61. The maximum atomic E-state index is 6.27. The molecule has 18 heavy (non-hydrogen) atoms. The van der Waals surface area contributed by atoms with Crippen LogP contribution in [0.4, 0.5) is 0 Å². The fourth-order valence-corrected chi connectivity index (χ4v) is 1.99. The van der Waals surface area contributed by atoms with Crippen LogP contribution in [0.2, 0.25) is 0 Å². The van der Waals surface area contributed by atoms with Crippen LogP contribution in [0.15, 0.2) is 36.7 Å². The van der Waals surface area contributed by atoms with Crippen LogP contribution < -0.4 is 10.5 Å². The Hall–Kier alpha value is -1.81. The Balaban J connectivity index is 2.26. The lowest BCUT2D eigenvalue weighted by Crippen LogP contribution is -2.12. The molecule has 96 valence electrons. The van der Waals surface area contributed by atoms with Gasteiger partial charge in [0.15, 0.2) is 0 Å². The smallest absolute Gasteiger partial charge is 0.123 e. The van der Waals surface area contributed by atoms with Crippen LogP contribution in [0.5, 0.6) is 5.75 Å². The number of ether oxygens (including phenoxy) is 1. The molecule has 0 aliphatic rings. The number of aryl methyl sites for hydroxylation is 1. The van der Waals surface area contributed by atoms with E-state index < -0.39 is 0 Å². The molecule has 0 bridgehead atoms. The summed E-state index contributed by atoms with van der Waals surface area (Å²) in [5, 5.41) is 4.30. The summed E-state index contributed by atoms with van der Waals surface area (Å²) in [4.78, 5) is 0. The molecule has 4 heteroatoms. The second-order valence-corrected chi connectivity index (χ2v) is 4.26. The van der Waals surface area contributed by atoms with Crippen molar-refractivity contribution in [3.63, 3.8) is 0 Å². The fraction of sp³-hybridized carbons (Fsp3) is 0.357. The van der Waals surface area contributed by atoms with Gasteiger partial charge in [0.1, 0.15) is 5.75 Å². The molecule has 0 aliphatic carbocycles. The number of hydrogen-bond donors (Lipinski definition) is 1. The summed E-state index contributed by atoms with van der Waals surface area (Å²) in [6.45, 7) is 3.04. The lowest BCUT2D eigenvalue weighted by atomic mass is 10.0. The van der Waals surface area contributed by atoms with Crippen molar-refractivity contribution in [3.05, 3.63) is 47.8 Å². The Morgan fingerprint density at radius 2 is 2.17 bits per heavy atom. The Labute approximate surface area is 107 Å². The second kappa shape index (κ2) is 5.69. The highest BCUT2D eigenvalue weighted by Crippen LogP contribution is 2.27. The molecule has 1 heterocycles. The van der Waals surface area contributed by atoms with Crippen molar-refractivity contribution in [2.45, 2.75) is 25.9 Å². The van der Waals surface area contributed by atoms with E-state index in [0.29, 0.717) is 0 Å². The molecule has 0 spiro atoms. The van der Waals surface area contributed by atoms with Crippen LogP contribution in [0.3, 0.4) is 0 Å². The van der Waals surface area contributed by atoms with E-state index in [4.69, 9.17) is 10.5 Å². The molecule has 0 amide bonds. The molecule has 0 saturated heterocycles. The number of hydrogen-bond acceptors (Lipinski definition) is 3. The van der Waals surface area contributed by atoms with Gasteiger partial charge in [-0.2, -0.15) is 5.10 Å². The molecule has 1 unspecified atom stereocenters. The van der Waals surface area contributed by atoms with Crippen molar-refractivity contribution in [2.75, 3.05) is 7.11 Å². The van der Waals surface area contributed by atoms with Crippen LogP contribution >= 0.6 is 0 Å². The van der Waals surface area contributed by atoms with Gasteiger partial charge in [-0.15, -0.1) is 0 Å². The van der Waals surface area contributed by atoms with Gasteiger partial charge in [0.25, 0.3) is 0 Å². The normalized spacial score (nSPS) is 12.4. The molecule has 0 saturated carbocycles. The first-order valence-electron chi connectivity index (χ1n) is 6.17. The van der Waals surface area contributed by atoms with Gasteiger partial charge >= 0.3 is 0 Å². The maximum Gasteiger partial charge on any atom is 0.123 e. The lowest BCUT2D eigenvalue weighted by Gasteiger charge is -2.13. The van der Waals surface area contributed by atoms with E-state index >= 15 is 0 Å². The zero-order valence-electron chi connectivity index (χ0n) is 10.8. The molecule has 2 N–H and O–H groups in total. The first-order valence-corrected chi connectivity index (χ1v) is 6.17. The predicted molar refractivity (Wildman–Crippen MR) is 71.5 cm³/mol. The first kappa shape index (κ1) is 12.6. The zero-order chi connectivity index (χ0) is 13.0. The first-order chi connectivity index (χ1) is 8.76. The minimum absolute atomic E-state index is 0.202. The third-order valence-corrected chi connectivity index (χ3v) is 2.94. The third-order valence-electron chi connectivity index (χ3n) is 2.94. The number of nitrogens with zero attached hydrogens (tertiary/aromatic N) is 2. The molecular weight excluding hydrogens is 226 g/mol. The van der Waals surface area contributed by atoms with Gasteiger partial charge in [-0.1, -0.05) is 25.1 Å². The van der Waals surface area contributed by atoms with Gasteiger partial charge in [0.2, 0.25) is 0 Å². The number of methoxy groups -OCH3 is 1. The average Bonchev–Trinajstić information content (AvgIpc) is 2.87. The van der Waals surface area contributed by atoms with Crippen molar-refractivity contribution in [2.24, 2.45) is 5.73 Å². The van der Waals surface area contributed by atoms with Crippen LogP contribution in [-0.4, -0.2) is 16.9 Å². The number of para-hydroxylation sites is 1. The second-order valence-electron chi connectivity index (χ2n) is 4.26. The van der Waals surface area contributed by atoms with Gasteiger partial charge in [0, 0.05) is 23.9 Å². The Kier molecular flexibility index (Phi) is 3.99. The van der Waals surface area contributed by atoms with E-state index in [1.165, 1.54) is 0 Å². The summed E-state index contributed by atoms with van der Waals surface area (Å²) in [5.41, 5.74) is 8.26. The number of nitrogens with two attached hydrogens (primary N) is 1. The maximum absolute atomic E-state index is 6.27. The van der Waals surface area contributed by atoms with E-state index in [2.05, 4.69) is 12.0 Å². The molecule has 4 nitrogen and oxygen atoms in total. The van der Waals surface area contributed by atoms with Crippen molar-refractivity contribution in [1.82, 2.24) is 9.78 Å². The molecule has 0 fully saturated rings. The van der Waals surface area contributed by atoms with Crippen molar-refractivity contribution in [3.8, 4) is 5.75 Å². The van der Waals surface area contributed by atoms with E-state index in [-0.39, 0.29) is 6.04 Å². The molecule has 2 aromatic rings. The molecule has 0 aliphatic heterocycles. The minimum atomic E-state index is -0.202. The van der Waals surface area contributed by atoms with Crippen molar-refractivity contribution >= 4 is 0 Å². The molecule has 1 aromatic carbocycles. The average molecular weight is 245 g/mol. The Morgan fingerprint density at radius 1 is 1.39 bits per heavy atom. The van der Waals surface area contributed by atoms with Gasteiger partial charge in [-0.25, -0.2) is 0 Å². The highest BCUT2D eigenvalue weighted by molar-refractivity contribution is 5.40. The topological polar surface area (TPSA) is 53.1 Å². The monoisotopic (exact) mass is 245 g/mol. The number of benzene rings is 1. The van der Waals surface area contributed by atoms with E-state index in [1.54, 1.807) is 7.11 Å². The Morgan fingerprint density at radius 3 is 2.89 bits per heavy atom. The zero-order valence-corrected chi connectivity index (χ0v) is 10.8. The summed E-state index contributed by atoms with van der Waals surface area (Å²) in [7, 11) is 1.66. The van der Waals surface area contributed by atoms with Gasteiger partial charge in [-0.3, -0.25) is 4.68 Å². The lowest BCUT2D eigenvalue weighted by molar-refractivity contribution is 0.408. The summed E-state index contributed by atoms with van der Waals surface area (Å²) in [6.07, 6.45) is 4.89. The largest absolute Gasteiger partial charge is 0.496 e. The van der Waals surface area contributed by atoms with Crippen molar-refractivity contribution < 1.29 is 4.74 Å². The molecule has 2 rings (SSSR count).